The number of halogens is 1. The maximum atomic E-state index is 12.2. The van der Waals surface area contributed by atoms with E-state index in [-0.39, 0.29) is 17.1 Å². The lowest BCUT2D eigenvalue weighted by Gasteiger charge is -2.34. The minimum absolute atomic E-state index is 0.0845. The monoisotopic (exact) mass is 330 g/mol. The number of rotatable bonds is 2. The molecule has 0 aliphatic carbocycles. The van der Waals surface area contributed by atoms with Gasteiger partial charge in [0.1, 0.15) is 0 Å². The molecule has 0 amide bonds. The second kappa shape index (κ2) is 4.64. The van der Waals surface area contributed by atoms with E-state index in [0.29, 0.717) is 10.8 Å². The summed E-state index contributed by atoms with van der Waals surface area (Å²) in [5.41, 5.74) is 1.08. The Morgan fingerprint density at radius 3 is 2.50 bits per heavy atom. The average Bonchev–Trinajstić information content (AvgIpc) is 2.51. The highest BCUT2D eigenvalue weighted by Gasteiger charge is 2.42. The van der Waals surface area contributed by atoms with Crippen molar-refractivity contribution in [3.8, 4) is 0 Å². The zero-order valence-corrected chi connectivity index (χ0v) is 13.4. The summed E-state index contributed by atoms with van der Waals surface area (Å²) in [4.78, 5) is 0.533. The highest BCUT2D eigenvalue weighted by molar-refractivity contribution is 9.09. The third kappa shape index (κ3) is 2.37. The van der Waals surface area contributed by atoms with Crippen LogP contribution in [0.1, 0.15) is 32.3 Å². The summed E-state index contributed by atoms with van der Waals surface area (Å²) >= 11 is 3.56. The number of sulfone groups is 1. The van der Waals surface area contributed by atoms with E-state index in [0.717, 1.165) is 10.9 Å². The van der Waals surface area contributed by atoms with Crippen LogP contribution in [0.15, 0.2) is 29.2 Å². The normalized spacial score (nSPS) is 23.7. The van der Waals surface area contributed by atoms with Crippen LogP contribution in [0, 0.1) is 11.3 Å². The van der Waals surface area contributed by atoms with Crippen LogP contribution in [0.4, 0.5) is 0 Å². The van der Waals surface area contributed by atoms with E-state index in [9.17, 15) is 8.42 Å². The van der Waals surface area contributed by atoms with E-state index in [4.69, 9.17) is 0 Å². The maximum Gasteiger partial charge on any atom is 0.179 e. The molecular formula is C14H19BrO2S. The second-order valence-corrected chi connectivity index (χ2v) is 8.70. The van der Waals surface area contributed by atoms with Crippen molar-refractivity contribution < 1.29 is 8.42 Å². The van der Waals surface area contributed by atoms with E-state index in [2.05, 4.69) is 36.7 Å². The highest BCUT2D eigenvalue weighted by Crippen LogP contribution is 2.46. The van der Waals surface area contributed by atoms with E-state index < -0.39 is 9.84 Å². The van der Waals surface area contributed by atoms with Gasteiger partial charge in [-0.05, 0) is 23.0 Å². The van der Waals surface area contributed by atoms with Gasteiger partial charge in [-0.1, -0.05) is 54.9 Å². The van der Waals surface area contributed by atoms with E-state index in [1.807, 2.05) is 12.1 Å². The van der Waals surface area contributed by atoms with Crippen LogP contribution >= 0.6 is 15.9 Å². The molecule has 100 valence electrons. The van der Waals surface area contributed by atoms with Gasteiger partial charge in [0.2, 0.25) is 0 Å². The molecule has 1 heterocycles. The lowest BCUT2D eigenvalue weighted by molar-refractivity contribution is 0.237. The first-order valence-electron chi connectivity index (χ1n) is 6.15. The number of alkyl halides is 1. The first-order chi connectivity index (χ1) is 8.27. The fraction of sp³-hybridized carbons (Fsp3) is 0.571. The van der Waals surface area contributed by atoms with Gasteiger partial charge in [0, 0.05) is 11.2 Å². The Morgan fingerprint density at radius 2 is 1.94 bits per heavy atom. The van der Waals surface area contributed by atoms with E-state index in [1.165, 1.54) is 0 Å². The SMILES string of the molecule is CC(C)(C)C(CBr)C1CS(=O)(=O)c2ccccc21. The third-order valence-corrected chi connectivity index (χ3v) is 6.35. The molecule has 0 fully saturated rings. The lowest BCUT2D eigenvalue weighted by atomic mass is 9.73. The Morgan fingerprint density at radius 1 is 1.33 bits per heavy atom. The zero-order chi connectivity index (χ0) is 13.6. The zero-order valence-electron chi connectivity index (χ0n) is 11.0. The molecule has 1 aromatic carbocycles. The van der Waals surface area contributed by atoms with Crippen molar-refractivity contribution in [1.29, 1.82) is 0 Å². The molecule has 1 aromatic rings. The third-order valence-electron chi connectivity index (χ3n) is 3.82. The summed E-state index contributed by atoms with van der Waals surface area (Å²) in [7, 11) is -3.09. The lowest BCUT2D eigenvalue weighted by Crippen LogP contribution is -2.29. The van der Waals surface area contributed by atoms with Crippen molar-refractivity contribution in [3.05, 3.63) is 29.8 Å². The van der Waals surface area contributed by atoms with Crippen LogP contribution in [0.3, 0.4) is 0 Å². The van der Waals surface area contributed by atoms with Crippen LogP contribution in [-0.4, -0.2) is 19.5 Å². The molecule has 2 rings (SSSR count). The van der Waals surface area contributed by atoms with Gasteiger partial charge >= 0.3 is 0 Å². The standard InChI is InChI=1S/C14H19BrO2S/c1-14(2,3)12(8-15)11-9-18(16,17)13-7-5-4-6-10(11)13/h4-7,11-12H,8-9H2,1-3H3. The largest absolute Gasteiger partial charge is 0.224 e. The van der Waals surface area contributed by atoms with E-state index >= 15 is 0 Å². The molecule has 1 aliphatic rings. The minimum atomic E-state index is -3.09. The minimum Gasteiger partial charge on any atom is -0.224 e. The van der Waals surface area contributed by atoms with E-state index in [1.54, 1.807) is 12.1 Å². The summed E-state index contributed by atoms with van der Waals surface area (Å²) in [6, 6.07) is 7.43. The van der Waals surface area contributed by atoms with Gasteiger partial charge in [-0.25, -0.2) is 8.42 Å². The summed E-state index contributed by atoms with van der Waals surface area (Å²) in [6.45, 7) is 6.52. The van der Waals surface area contributed by atoms with Gasteiger partial charge in [0.05, 0.1) is 10.6 Å². The molecular weight excluding hydrogens is 312 g/mol. The number of hydrogen-bond acceptors (Lipinski definition) is 2. The average molecular weight is 331 g/mol. The van der Waals surface area contributed by atoms with Crippen molar-refractivity contribution in [2.24, 2.45) is 11.3 Å². The van der Waals surface area contributed by atoms with Crippen molar-refractivity contribution in [2.45, 2.75) is 31.6 Å². The Bertz CT molecular complexity index is 543. The molecule has 4 heteroatoms. The van der Waals surface area contributed by atoms with Gasteiger partial charge in [0.15, 0.2) is 9.84 Å². The van der Waals surface area contributed by atoms with Gasteiger partial charge in [-0.3, -0.25) is 0 Å². The van der Waals surface area contributed by atoms with Crippen LogP contribution in [0.5, 0.6) is 0 Å². The summed E-state index contributed by atoms with van der Waals surface area (Å²) < 4.78 is 24.4. The van der Waals surface area contributed by atoms with Gasteiger partial charge in [-0.15, -0.1) is 0 Å². The maximum absolute atomic E-state index is 12.2. The van der Waals surface area contributed by atoms with Crippen molar-refractivity contribution in [2.75, 3.05) is 11.1 Å². The molecule has 2 atom stereocenters. The first kappa shape index (κ1) is 14.1. The Kier molecular flexibility index (Phi) is 3.63. The smallest absolute Gasteiger partial charge is 0.179 e. The van der Waals surface area contributed by atoms with Crippen LogP contribution in [0.25, 0.3) is 0 Å². The van der Waals surface area contributed by atoms with Gasteiger partial charge in [-0.2, -0.15) is 0 Å². The predicted molar refractivity (Wildman–Crippen MR) is 78.0 cm³/mol. The highest BCUT2D eigenvalue weighted by atomic mass is 79.9. The van der Waals surface area contributed by atoms with Crippen molar-refractivity contribution in [1.82, 2.24) is 0 Å². The quantitative estimate of drug-likeness (QED) is 0.776. The van der Waals surface area contributed by atoms with Crippen molar-refractivity contribution >= 4 is 25.8 Å². The fourth-order valence-electron chi connectivity index (χ4n) is 2.76. The Labute approximate surface area is 118 Å². The molecule has 1 aliphatic heterocycles. The number of benzene rings is 1. The molecule has 18 heavy (non-hydrogen) atoms. The molecule has 0 N–H and O–H groups in total. The first-order valence-corrected chi connectivity index (χ1v) is 8.92. The Balaban J connectivity index is 2.51. The molecule has 0 spiro atoms. The molecule has 0 saturated carbocycles. The molecule has 2 unspecified atom stereocenters. The molecule has 0 radical (unpaired) electrons. The summed E-state index contributed by atoms with van der Waals surface area (Å²) in [6.07, 6.45) is 0. The second-order valence-electron chi connectivity index (χ2n) is 6.05. The van der Waals surface area contributed by atoms with Gasteiger partial charge < -0.3 is 0 Å². The molecule has 2 nitrogen and oxygen atoms in total. The van der Waals surface area contributed by atoms with Crippen LogP contribution in [0.2, 0.25) is 0 Å². The fourth-order valence-corrected chi connectivity index (χ4v) is 6.11. The van der Waals surface area contributed by atoms with Gasteiger partial charge in [0.25, 0.3) is 0 Å². The summed E-state index contributed by atoms with van der Waals surface area (Å²) in [5, 5.41) is 0.824. The van der Waals surface area contributed by atoms with Crippen LogP contribution < -0.4 is 0 Å². The molecule has 0 bridgehead atoms. The topological polar surface area (TPSA) is 34.1 Å². The van der Waals surface area contributed by atoms with Crippen LogP contribution in [-0.2, 0) is 9.84 Å². The number of hydrogen-bond donors (Lipinski definition) is 0. The Hall–Kier alpha value is -0.350. The predicted octanol–water partition coefficient (Wildman–Crippen LogP) is 3.61. The van der Waals surface area contributed by atoms with Crippen molar-refractivity contribution in [3.63, 3.8) is 0 Å². The number of fused-ring (bicyclic) bond motifs is 1. The molecule has 0 saturated heterocycles. The molecule has 0 aromatic heterocycles. The summed E-state index contributed by atoms with van der Waals surface area (Å²) in [5.74, 6) is 0.668.